The van der Waals surface area contributed by atoms with E-state index >= 15 is 0 Å². The summed E-state index contributed by atoms with van der Waals surface area (Å²) in [5.74, 6) is 1.08. The Morgan fingerprint density at radius 3 is 2.81 bits per heavy atom. The molecule has 0 aliphatic carbocycles. The second kappa shape index (κ2) is 10.6. The minimum atomic E-state index is -0.132. The van der Waals surface area contributed by atoms with Gasteiger partial charge in [0.2, 0.25) is 0 Å². The number of halogens is 2. The number of rotatable bonds is 5. The SMILES string of the molecule is N#Cc1ccc(NC(=O)N2CCCC(CNc3cc(-c4ccccc4Cl)nc4c(Br)cnn34)C2)cc1. The summed E-state index contributed by atoms with van der Waals surface area (Å²) in [6.45, 7) is 2.03. The molecule has 1 fully saturated rings. The maximum Gasteiger partial charge on any atom is 0.321 e. The van der Waals surface area contributed by atoms with Crippen molar-refractivity contribution in [2.45, 2.75) is 12.8 Å². The number of hydrogen-bond donors (Lipinski definition) is 2. The third kappa shape index (κ3) is 5.15. The van der Waals surface area contributed by atoms with Crippen LogP contribution in [0.5, 0.6) is 0 Å². The number of nitriles is 1. The van der Waals surface area contributed by atoms with Gasteiger partial charge in [-0.3, -0.25) is 0 Å². The molecule has 5 rings (SSSR count). The van der Waals surface area contributed by atoms with Crippen molar-refractivity contribution in [3.63, 3.8) is 0 Å². The fourth-order valence-corrected chi connectivity index (χ4v) is 4.95. The minimum absolute atomic E-state index is 0.132. The zero-order chi connectivity index (χ0) is 25.1. The summed E-state index contributed by atoms with van der Waals surface area (Å²) in [6.07, 6.45) is 3.67. The molecule has 36 heavy (non-hydrogen) atoms. The molecule has 2 N–H and O–H groups in total. The molecule has 1 saturated heterocycles. The normalized spacial score (nSPS) is 15.5. The van der Waals surface area contributed by atoms with Gasteiger partial charge in [-0.15, -0.1) is 0 Å². The van der Waals surface area contributed by atoms with Gasteiger partial charge in [0.25, 0.3) is 0 Å². The number of benzene rings is 2. The Labute approximate surface area is 222 Å². The summed E-state index contributed by atoms with van der Waals surface area (Å²) < 4.78 is 2.56. The Morgan fingerprint density at radius 2 is 2.03 bits per heavy atom. The number of piperidine rings is 1. The molecule has 8 nitrogen and oxygen atoms in total. The van der Waals surface area contributed by atoms with E-state index in [0.29, 0.717) is 41.6 Å². The van der Waals surface area contributed by atoms with Crippen molar-refractivity contribution >= 4 is 50.7 Å². The maximum atomic E-state index is 12.8. The summed E-state index contributed by atoms with van der Waals surface area (Å²) in [7, 11) is 0. The zero-order valence-electron chi connectivity index (χ0n) is 19.3. The molecule has 1 atom stereocenters. The van der Waals surface area contributed by atoms with Crippen molar-refractivity contribution in [1.29, 1.82) is 5.26 Å². The van der Waals surface area contributed by atoms with Crippen LogP contribution in [0.3, 0.4) is 0 Å². The number of anilines is 2. The van der Waals surface area contributed by atoms with E-state index in [-0.39, 0.29) is 11.9 Å². The third-order valence-electron chi connectivity index (χ3n) is 6.22. The monoisotopic (exact) mass is 563 g/mol. The van der Waals surface area contributed by atoms with Crippen molar-refractivity contribution < 1.29 is 4.79 Å². The van der Waals surface area contributed by atoms with Gasteiger partial charge in [0.1, 0.15) is 5.82 Å². The van der Waals surface area contributed by atoms with Crippen molar-refractivity contribution in [2.75, 3.05) is 30.3 Å². The van der Waals surface area contributed by atoms with Crippen LogP contribution < -0.4 is 10.6 Å². The number of carbonyl (C=O) groups excluding carboxylic acids is 1. The Hall–Kier alpha value is -3.61. The molecular weight excluding hydrogens is 542 g/mol. The Morgan fingerprint density at radius 1 is 1.22 bits per heavy atom. The predicted octanol–water partition coefficient (Wildman–Crippen LogP) is 6.04. The molecule has 3 heterocycles. The lowest BCUT2D eigenvalue weighted by Gasteiger charge is -2.33. The Kier molecular flexibility index (Phi) is 7.07. The highest BCUT2D eigenvalue weighted by atomic mass is 79.9. The highest BCUT2D eigenvalue weighted by Crippen LogP contribution is 2.30. The summed E-state index contributed by atoms with van der Waals surface area (Å²) in [6, 6.07) is 18.4. The Balaban J connectivity index is 1.29. The smallest absolute Gasteiger partial charge is 0.321 e. The summed E-state index contributed by atoms with van der Waals surface area (Å²) >= 11 is 9.98. The second-order valence-electron chi connectivity index (χ2n) is 8.69. The highest BCUT2D eigenvalue weighted by molar-refractivity contribution is 9.10. The summed E-state index contributed by atoms with van der Waals surface area (Å²) in [5, 5.41) is 20.5. The average Bonchev–Trinajstić information content (AvgIpc) is 3.28. The molecule has 2 aromatic heterocycles. The van der Waals surface area contributed by atoms with Gasteiger partial charge in [-0.2, -0.15) is 14.9 Å². The molecular formula is C26H23BrClN7O. The van der Waals surface area contributed by atoms with Gasteiger partial charge in [0.15, 0.2) is 5.65 Å². The van der Waals surface area contributed by atoms with Crippen molar-refractivity contribution in [3.05, 3.63) is 75.9 Å². The number of nitrogens with zero attached hydrogens (tertiary/aromatic N) is 5. The van der Waals surface area contributed by atoms with Crippen molar-refractivity contribution in [2.24, 2.45) is 5.92 Å². The number of carbonyl (C=O) groups is 1. The topological polar surface area (TPSA) is 98.3 Å². The van der Waals surface area contributed by atoms with Crippen LogP contribution >= 0.6 is 27.5 Å². The molecule has 0 saturated carbocycles. The number of aromatic nitrogens is 3. The maximum absolute atomic E-state index is 12.8. The van der Waals surface area contributed by atoms with Gasteiger partial charge in [-0.25, -0.2) is 9.78 Å². The van der Waals surface area contributed by atoms with E-state index in [1.807, 2.05) is 35.2 Å². The molecule has 0 bridgehead atoms. The molecule has 2 aromatic carbocycles. The van der Waals surface area contributed by atoms with Crippen LogP contribution in [0.2, 0.25) is 5.02 Å². The molecule has 4 aromatic rings. The molecule has 182 valence electrons. The lowest BCUT2D eigenvalue weighted by molar-refractivity contribution is 0.180. The molecule has 1 aliphatic heterocycles. The van der Waals surface area contributed by atoms with Crippen LogP contribution in [0.25, 0.3) is 16.9 Å². The van der Waals surface area contributed by atoms with Crippen LogP contribution in [0, 0.1) is 17.2 Å². The largest absolute Gasteiger partial charge is 0.370 e. The van der Waals surface area contributed by atoms with E-state index < -0.39 is 0 Å². The lowest BCUT2D eigenvalue weighted by Crippen LogP contribution is -2.44. The molecule has 0 spiro atoms. The number of fused-ring (bicyclic) bond motifs is 1. The van der Waals surface area contributed by atoms with Crippen molar-refractivity contribution in [3.8, 4) is 17.3 Å². The lowest BCUT2D eigenvalue weighted by atomic mass is 9.98. The van der Waals surface area contributed by atoms with Gasteiger partial charge in [-0.1, -0.05) is 29.8 Å². The average molecular weight is 565 g/mol. The predicted molar refractivity (Wildman–Crippen MR) is 144 cm³/mol. The summed E-state index contributed by atoms with van der Waals surface area (Å²) in [5.41, 5.74) is 3.53. The molecule has 10 heteroatoms. The van der Waals surface area contributed by atoms with E-state index in [9.17, 15) is 4.79 Å². The van der Waals surface area contributed by atoms with E-state index in [2.05, 4.69) is 37.7 Å². The van der Waals surface area contributed by atoms with Crippen molar-refractivity contribution in [1.82, 2.24) is 19.5 Å². The molecule has 1 unspecified atom stereocenters. The second-order valence-corrected chi connectivity index (χ2v) is 9.95. The van der Waals surface area contributed by atoms with Crippen LogP contribution in [0.15, 0.2) is 65.3 Å². The van der Waals surface area contributed by atoms with E-state index in [1.54, 1.807) is 35.0 Å². The van der Waals surface area contributed by atoms with Gasteiger partial charge in [-0.05, 0) is 65.0 Å². The standard InChI is InChI=1S/C26H23BrClN7O/c27-21-15-31-35-24(12-23(33-25(21)35)20-5-1-2-6-22(20)28)30-14-18-4-3-11-34(16-18)26(36)32-19-9-7-17(13-29)8-10-19/h1-2,5-10,12,15,18,30H,3-4,11,14,16H2,(H,32,36). The highest BCUT2D eigenvalue weighted by Gasteiger charge is 2.24. The molecule has 0 radical (unpaired) electrons. The first-order valence-electron chi connectivity index (χ1n) is 11.6. The van der Waals surface area contributed by atoms with Gasteiger partial charge >= 0.3 is 6.03 Å². The number of urea groups is 1. The number of hydrogen-bond acceptors (Lipinski definition) is 5. The van der Waals surface area contributed by atoms with E-state index in [4.69, 9.17) is 21.8 Å². The Bertz CT molecular complexity index is 1450. The minimum Gasteiger partial charge on any atom is -0.370 e. The fraction of sp³-hybridized carbons (Fsp3) is 0.231. The van der Waals surface area contributed by atoms with Crippen LogP contribution in [-0.4, -0.2) is 45.2 Å². The number of nitrogens with one attached hydrogen (secondary N) is 2. The first-order valence-corrected chi connectivity index (χ1v) is 12.8. The number of amides is 2. The van der Waals surface area contributed by atoms with E-state index in [0.717, 1.165) is 34.4 Å². The fourth-order valence-electron chi connectivity index (χ4n) is 4.36. The summed E-state index contributed by atoms with van der Waals surface area (Å²) in [4.78, 5) is 19.4. The molecule has 2 amide bonds. The first-order chi connectivity index (χ1) is 17.5. The van der Waals surface area contributed by atoms with E-state index in [1.165, 1.54) is 0 Å². The molecule has 1 aliphatic rings. The third-order valence-corrected chi connectivity index (χ3v) is 7.11. The van der Waals surface area contributed by atoms with Gasteiger partial charge in [0, 0.05) is 42.0 Å². The van der Waals surface area contributed by atoms with Gasteiger partial charge in [0.05, 0.1) is 28.0 Å². The first kappa shape index (κ1) is 24.1. The van der Waals surface area contributed by atoms with Crippen LogP contribution in [0.1, 0.15) is 18.4 Å². The van der Waals surface area contributed by atoms with Gasteiger partial charge < -0.3 is 15.5 Å². The van der Waals surface area contributed by atoms with Crippen LogP contribution in [-0.2, 0) is 0 Å². The van der Waals surface area contributed by atoms with Crippen LogP contribution in [0.4, 0.5) is 16.3 Å². The number of likely N-dealkylation sites (tertiary alicyclic amines) is 1. The zero-order valence-corrected chi connectivity index (χ0v) is 21.6. The quantitative estimate of drug-likeness (QED) is 0.308.